The molecule has 1 heterocycles. The highest BCUT2D eigenvalue weighted by atomic mass is 79.9. The van der Waals surface area contributed by atoms with Crippen molar-refractivity contribution in [3.8, 4) is 0 Å². The maximum absolute atomic E-state index is 12.5. The van der Waals surface area contributed by atoms with E-state index in [0.717, 1.165) is 5.56 Å². The lowest BCUT2D eigenvalue weighted by Gasteiger charge is -2.13. The Morgan fingerprint density at radius 1 is 1.33 bits per heavy atom. The second-order valence-electron chi connectivity index (χ2n) is 4.63. The number of aliphatic hydroxyl groups excluding tert-OH is 1. The summed E-state index contributed by atoms with van der Waals surface area (Å²) < 4.78 is 28.1. The third kappa shape index (κ3) is 3.42. The summed E-state index contributed by atoms with van der Waals surface area (Å²) in [6.07, 6.45) is 1.50. The van der Waals surface area contributed by atoms with Gasteiger partial charge in [-0.3, -0.25) is 4.72 Å². The second kappa shape index (κ2) is 6.13. The zero-order valence-electron chi connectivity index (χ0n) is 11.6. The third-order valence-electron chi connectivity index (χ3n) is 3.14. The molecule has 0 aliphatic carbocycles. The van der Waals surface area contributed by atoms with Crippen LogP contribution in [0.25, 0.3) is 0 Å². The topological polar surface area (TPSA) is 79.3 Å². The van der Waals surface area contributed by atoms with Crippen LogP contribution in [0.4, 0.5) is 5.82 Å². The summed E-state index contributed by atoms with van der Waals surface area (Å²) in [5.41, 5.74) is 2.01. The minimum atomic E-state index is -3.78. The van der Waals surface area contributed by atoms with Gasteiger partial charge in [-0.15, -0.1) is 0 Å². The molecule has 2 N–H and O–H groups in total. The predicted molar refractivity (Wildman–Crippen MR) is 84.6 cm³/mol. The van der Waals surface area contributed by atoms with Crippen LogP contribution in [0.3, 0.4) is 0 Å². The van der Waals surface area contributed by atoms with Crippen molar-refractivity contribution in [2.24, 2.45) is 0 Å². The maximum Gasteiger partial charge on any atom is 0.263 e. The zero-order valence-corrected chi connectivity index (χ0v) is 14.0. The number of nitrogens with one attached hydrogen (secondary N) is 1. The first-order valence-corrected chi connectivity index (χ1v) is 8.47. The molecule has 2 rings (SSSR count). The van der Waals surface area contributed by atoms with Crippen LogP contribution in [0.5, 0.6) is 0 Å². The number of nitrogens with zero attached hydrogens (tertiary/aromatic N) is 1. The van der Waals surface area contributed by atoms with Gasteiger partial charge in [0.2, 0.25) is 0 Å². The molecule has 0 radical (unpaired) electrons. The Balaban J connectivity index is 2.50. The van der Waals surface area contributed by atoms with Crippen molar-refractivity contribution in [3.05, 3.63) is 51.6 Å². The Bertz CT molecular complexity index is 776. The Labute approximate surface area is 132 Å². The van der Waals surface area contributed by atoms with Gasteiger partial charge in [0.25, 0.3) is 10.0 Å². The van der Waals surface area contributed by atoms with E-state index in [9.17, 15) is 13.5 Å². The van der Waals surface area contributed by atoms with Crippen LogP contribution in [-0.4, -0.2) is 18.5 Å². The van der Waals surface area contributed by atoms with E-state index >= 15 is 0 Å². The first kappa shape index (κ1) is 15.9. The third-order valence-corrected chi connectivity index (χ3v) is 5.25. The molecule has 0 aliphatic heterocycles. The van der Waals surface area contributed by atoms with E-state index in [1.54, 1.807) is 25.1 Å². The molecular weight excluding hydrogens is 356 g/mol. The Kier molecular flexibility index (Phi) is 4.65. The summed E-state index contributed by atoms with van der Waals surface area (Å²) in [6.45, 7) is 3.33. The fourth-order valence-corrected chi connectivity index (χ4v) is 3.80. The van der Waals surface area contributed by atoms with E-state index < -0.39 is 10.0 Å². The highest BCUT2D eigenvalue weighted by molar-refractivity contribution is 9.10. The minimum Gasteiger partial charge on any atom is -0.392 e. The van der Waals surface area contributed by atoms with E-state index in [0.29, 0.717) is 15.6 Å². The lowest BCUT2D eigenvalue weighted by atomic mass is 10.1. The summed E-state index contributed by atoms with van der Waals surface area (Å²) in [6, 6.07) is 6.64. The van der Waals surface area contributed by atoms with Crippen LogP contribution in [-0.2, 0) is 16.6 Å². The molecule has 7 heteroatoms. The van der Waals surface area contributed by atoms with Gasteiger partial charge in [0.1, 0.15) is 0 Å². The smallest absolute Gasteiger partial charge is 0.263 e. The van der Waals surface area contributed by atoms with Gasteiger partial charge in [0, 0.05) is 6.20 Å². The number of rotatable bonds is 4. The predicted octanol–water partition coefficient (Wildman–Crippen LogP) is 2.75. The number of benzene rings is 1. The summed E-state index contributed by atoms with van der Waals surface area (Å²) in [5.74, 6) is 0.226. The molecule has 0 amide bonds. The van der Waals surface area contributed by atoms with Crippen LogP contribution < -0.4 is 4.72 Å². The Hall–Kier alpha value is -1.44. The van der Waals surface area contributed by atoms with Gasteiger partial charge in [-0.05, 0) is 64.7 Å². The number of aliphatic hydroxyl groups is 1. The number of aryl methyl sites for hydroxylation is 1. The van der Waals surface area contributed by atoms with E-state index in [4.69, 9.17) is 0 Å². The molecule has 1 aromatic heterocycles. The molecular formula is C14H15BrN2O3S. The number of sulfonamides is 1. The van der Waals surface area contributed by atoms with Crippen LogP contribution in [0.2, 0.25) is 0 Å². The van der Waals surface area contributed by atoms with Crippen LogP contribution in [0, 0.1) is 13.8 Å². The minimum absolute atomic E-state index is 0.143. The van der Waals surface area contributed by atoms with E-state index in [1.807, 2.05) is 6.92 Å². The van der Waals surface area contributed by atoms with Crippen molar-refractivity contribution in [1.29, 1.82) is 0 Å². The summed E-state index contributed by atoms with van der Waals surface area (Å²) in [4.78, 5) is 4.14. The van der Waals surface area contributed by atoms with Crippen molar-refractivity contribution in [3.63, 3.8) is 0 Å². The summed E-state index contributed by atoms with van der Waals surface area (Å²) >= 11 is 3.25. The number of aromatic nitrogens is 1. The lowest BCUT2D eigenvalue weighted by molar-refractivity contribution is 0.281. The molecule has 0 saturated heterocycles. The van der Waals surface area contributed by atoms with Crippen molar-refractivity contribution in [2.45, 2.75) is 25.3 Å². The van der Waals surface area contributed by atoms with Gasteiger partial charge in [0.15, 0.2) is 5.82 Å². The van der Waals surface area contributed by atoms with Crippen molar-refractivity contribution in [2.75, 3.05) is 4.72 Å². The fraction of sp³-hybridized carbons (Fsp3) is 0.214. The highest BCUT2D eigenvalue weighted by Crippen LogP contribution is 2.26. The molecule has 0 bridgehead atoms. The molecule has 0 spiro atoms. The molecule has 2 aromatic rings. The Morgan fingerprint density at radius 3 is 2.67 bits per heavy atom. The molecule has 0 saturated carbocycles. The number of halogens is 1. The monoisotopic (exact) mass is 370 g/mol. The van der Waals surface area contributed by atoms with Gasteiger partial charge in [-0.1, -0.05) is 6.07 Å². The largest absolute Gasteiger partial charge is 0.392 e. The molecule has 21 heavy (non-hydrogen) atoms. The van der Waals surface area contributed by atoms with Crippen LogP contribution in [0.15, 0.2) is 39.8 Å². The normalized spacial score (nSPS) is 11.4. The standard InChI is InChI=1S/C14H15BrN2O3S/c1-9-6-11(8-18)7-13(10(9)2)21(19,20)17-14-12(15)4-3-5-16-14/h3-7,18H,8H2,1-2H3,(H,16,17). The average molecular weight is 371 g/mol. The van der Waals surface area contributed by atoms with Crippen molar-refractivity contribution >= 4 is 31.8 Å². The number of anilines is 1. The fourth-order valence-electron chi connectivity index (χ4n) is 1.91. The number of pyridine rings is 1. The molecule has 5 nitrogen and oxygen atoms in total. The average Bonchev–Trinajstić information content (AvgIpc) is 2.43. The van der Waals surface area contributed by atoms with E-state index in [-0.39, 0.29) is 17.3 Å². The first-order valence-electron chi connectivity index (χ1n) is 6.19. The van der Waals surface area contributed by atoms with Gasteiger partial charge in [0.05, 0.1) is 16.0 Å². The molecule has 0 unspecified atom stereocenters. The van der Waals surface area contributed by atoms with E-state index in [2.05, 4.69) is 25.6 Å². The number of hydrogen-bond acceptors (Lipinski definition) is 4. The van der Waals surface area contributed by atoms with Crippen molar-refractivity contribution < 1.29 is 13.5 Å². The summed E-state index contributed by atoms with van der Waals surface area (Å²) in [5, 5.41) is 9.24. The van der Waals surface area contributed by atoms with Gasteiger partial charge in [-0.25, -0.2) is 13.4 Å². The van der Waals surface area contributed by atoms with Crippen LogP contribution >= 0.6 is 15.9 Å². The van der Waals surface area contributed by atoms with Crippen LogP contribution in [0.1, 0.15) is 16.7 Å². The van der Waals surface area contributed by atoms with E-state index in [1.165, 1.54) is 12.3 Å². The van der Waals surface area contributed by atoms with Crippen molar-refractivity contribution in [1.82, 2.24) is 4.98 Å². The molecule has 0 atom stereocenters. The zero-order chi connectivity index (χ0) is 15.6. The number of hydrogen-bond donors (Lipinski definition) is 2. The molecule has 0 fully saturated rings. The highest BCUT2D eigenvalue weighted by Gasteiger charge is 2.20. The Morgan fingerprint density at radius 2 is 2.05 bits per heavy atom. The SMILES string of the molecule is Cc1cc(CO)cc(S(=O)(=O)Nc2ncccc2Br)c1C. The van der Waals surface area contributed by atoms with Gasteiger partial charge in [-0.2, -0.15) is 0 Å². The van der Waals surface area contributed by atoms with Gasteiger partial charge < -0.3 is 5.11 Å². The summed E-state index contributed by atoms with van der Waals surface area (Å²) in [7, 11) is -3.78. The quantitative estimate of drug-likeness (QED) is 0.866. The molecule has 0 aliphatic rings. The maximum atomic E-state index is 12.5. The first-order chi connectivity index (χ1) is 9.85. The van der Waals surface area contributed by atoms with Gasteiger partial charge >= 0.3 is 0 Å². The molecule has 1 aromatic carbocycles. The molecule has 112 valence electrons. The lowest BCUT2D eigenvalue weighted by Crippen LogP contribution is -2.16. The second-order valence-corrected chi connectivity index (χ2v) is 7.14.